The number of thioether (sulfide) groups is 1. The molecule has 1 aromatic carbocycles. The van der Waals surface area contributed by atoms with Crippen LogP contribution in [0.25, 0.3) is 0 Å². The number of Topliss-reactive ketones (excluding diaryl/α,β-unsaturated/α-hetero) is 1. The predicted octanol–water partition coefficient (Wildman–Crippen LogP) is 6.36. The predicted molar refractivity (Wildman–Crippen MR) is 160 cm³/mol. The molecule has 0 radical (unpaired) electrons. The molecule has 0 fully saturated rings. The zero-order valence-electron chi connectivity index (χ0n) is 24.2. The first-order valence-electron chi connectivity index (χ1n) is 14.3. The number of carbonyl (C=O) groups excluding carboxylic acids is 3. The third kappa shape index (κ3) is 12.6. The average Bonchev–Trinajstić information content (AvgIpc) is 3.16. The Bertz CT molecular complexity index is 1060. The second-order valence-corrected chi connectivity index (χ2v) is 11.3. The summed E-state index contributed by atoms with van der Waals surface area (Å²) in [5.74, 6) is 6.03. The summed E-state index contributed by atoms with van der Waals surface area (Å²) >= 11 is 1.50. The number of hydrogen-bond donors (Lipinski definition) is 1. The van der Waals surface area contributed by atoms with Crippen molar-refractivity contribution in [1.29, 1.82) is 0 Å². The van der Waals surface area contributed by atoms with Crippen molar-refractivity contribution in [2.75, 3.05) is 19.0 Å². The average molecular weight is 569 g/mol. The highest BCUT2D eigenvalue weighted by atomic mass is 32.2. The van der Waals surface area contributed by atoms with E-state index >= 15 is 0 Å². The monoisotopic (exact) mass is 568 g/mol. The summed E-state index contributed by atoms with van der Waals surface area (Å²) in [5, 5.41) is 11.6. The molecular weight excluding hydrogens is 524 g/mol. The minimum absolute atomic E-state index is 0.0919. The topological polar surface area (TPSA) is 89.9 Å². The van der Waals surface area contributed by atoms with Gasteiger partial charge in [-0.3, -0.25) is 14.4 Å². The van der Waals surface area contributed by atoms with Crippen molar-refractivity contribution in [3.63, 3.8) is 0 Å². The van der Waals surface area contributed by atoms with Crippen molar-refractivity contribution in [3.8, 4) is 11.8 Å². The molecule has 1 aliphatic rings. The molecule has 0 heterocycles. The number of unbranched alkanes of at least 4 members (excludes halogenated alkanes) is 4. The molecule has 218 valence electrons. The maximum Gasteiger partial charge on any atom is 0.302 e. The lowest BCUT2D eigenvalue weighted by molar-refractivity contribution is -0.146. The number of aryl methyl sites for hydroxylation is 1. The van der Waals surface area contributed by atoms with Gasteiger partial charge in [-0.2, -0.15) is 0 Å². The van der Waals surface area contributed by atoms with Gasteiger partial charge >= 0.3 is 11.9 Å². The standard InChI is InChI=1S/C33H44O6S/c1-4-5-6-7-8-9-15-21-33(37)23-31(40-22-20-28-16-11-10-12-17-28)32(36)30(33)19-14-13-18-29(24-38-26(2)34)25-39-27(3)35/h10-12,16-17,19,23,29,37H,4,7-9,13-15,18,20-22,24-25H2,1-3H3/b30-19+. The Labute approximate surface area is 244 Å². The number of carbonyl (C=O) groups is 3. The van der Waals surface area contributed by atoms with Gasteiger partial charge in [0.05, 0.1) is 18.1 Å². The zero-order valence-corrected chi connectivity index (χ0v) is 25.0. The molecular formula is C33H44O6S. The Kier molecular flexibility index (Phi) is 15.5. The molecule has 0 saturated heterocycles. The van der Waals surface area contributed by atoms with Gasteiger partial charge in [-0.1, -0.05) is 49.8 Å². The fourth-order valence-electron chi connectivity index (χ4n) is 4.53. The quantitative estimate of drug-likeness (QED) is 0.101. The van der Waals surface area contributed by atoms with Crippen molar-refractivity contribution in [2.45, 2.75) is 90.6 Å². The lowest BCUT2D eigenvalue weighted by Crippen LogP contribution is -2.28. The molecule has 1 unspecified atom stereocenters. The highest BCUT2D eigenvalue weighted by molar-refractivity contribution is 8.04. The van der Waals surface area contributed by atoms with Gasteiger partial charge < -0.3 is 14.6 Å². The summed E-state index contributed by atoms with van der Waals surface area (Å²) in [7, 11) is 0. The number of hydrogen-bond acceptors (Lipinski definition) is 7. The summed E-state index contributed by atoms with van der Waals surface area (Å²) in [4.78, 5) is 36.5. The van der Waals surface area contributed by atoms with Crippen LogP contribution in [0.2, 0.25) is 0 Å². The maximum absolute atomic E-state index is 13.4. The van der Waals surface area contributed by atoms with Gasteiger partial charge in [-0.05, 0) is 56.6 Å². The molecule has 1 aromatic rings. The summed E-state index contributed by atoms with van der Waals surface area (Å²) in [6, 6.07) is 10.2. The van der Waals surface area contributed by atoms with Crippen LogP contribution in [0, 0.1) is 17.8 Å². The van der Waals surface area contributed by atoms with E-state index in [0.717, 1.165) is 44.3 Å². The van der Waals surface area contributed by atoms with Crippen LogP contribution in [-0.2, 0) is 30.3 Å². The van der Waals surface area contributed by atoms with Gasteiger partial charge in [-0.25, -0.2) is 0 Å². The van der Waals surface area contributed by atoms with Crippen LogP contribution in [-0.4, -0.2) is 47.4 Å². The van der Waals surface area contributed by atoms with E-state index in [1.807, 2.05) is 31.2 Å². The van der Waals surface area contributed by atoms with Gasteiger partial charge in [0.1, 0.15) is 5.60 Å². The second kappa shape index (κ2) is 18.5. The number of allylic oxidation sites excluding steroid dienone is 2. The summed E-state index contributed by atoms with van der Waals surface area (Å²) in [5.41, 5.74) is 0.406. The molecule has 0 saturated carbocycles. The molecule has 40 heavy (non-hydrogen) atoms. The first-order valence-corrected chi connectivity index (χ1v) is 15.3. The highest BCUT2D eigenvalue weighted by Gasteiger charge is 2.41. The van der Waals surface area contributed by atoms with Crippen LogP contribution >= 0.6 is 11.8 Å². The van der Waals surface area contributed by atoms with E-state index < -0.39 is 5.60 Å². The van der Waals surface area contributed by atoms with Gasteiger partial charge in [0.25, 0.3) is 0 Å². The van der Waals surface area contributed by atoms with Crippen molar-refractivity contribution >= 4 is 29.5 Å². The molecule has 0 spiro atoms. The molecule has 1 aliphatic carbocycles. The number of ketones is 1. The Morgan fingerprint density at radius 3 is 2.38 bits per heavy atom. The normalized spacial score (nSPS) is 17.5. The number of esters is 2. The van der Waals surface area contributed by atoms with Crippen LogP contribution < -0.4 is 0 Å². The number of aliphatic hydroxyl groups is 1. The molecule has 0 aliphatic heterocycles. The van der Waals surface area contributed by atoms with Crippen molar-refractivity contribution < 1.29 is 29.0 Å². The summed E-state index contributed by atoms with van der Waals surface area (Å²) < 4.78 is 10.3. The van der Waals surface area contributed by atoms with E-state index in [2.05, 4.69) is 24.0 Å². The highest BCUT2D eigenvalue weighted by Crippen LogP contribution is 2.40. The Morgan fingerprint density at radius 2 is 1.73 bits per heavy atom. The summed E-state index contributed by atoms with van der Waals surface area (Å²) in [6.45, 7) is 5.08. The third-order valence-electron chi connectivity index (χ3n) is 6.67. The van der Waals surface area contributed by atoms with E-state index in [0.29, 0.717) is 36.2 Å². The van der Waals surface area contributed by atoms with Gasteiger partial charge in [0.15, 0.2) is 5.78 Å². The first kappa shape index (κ1) is 33.4. The minimum Gasteiger partial charge on any atom is -0.465 e. The smallest absolute Gasteiger partial charge is 0.302 e. The number of rotatable bonds is 17. The van der Waals surface area contributed by atoms with E-state index in [-0.39, 0.29) is 36.9 Å². The lowest BCUT2D eigenvalue weighted by Gasteiger charge is -2.22. The fraction of sp³-hybridized carbons (Fsp3) is 0.545. The molecule has 7 heteroatoms. The molecule has 2 rings (SSSR count). The van der Waals surface area contributed by atoms with Gasteiger partial charge in [0, 0.05) is 43.9 Å². The SMILES string of the molecule is CCC#CCCCCCC1(O)C=C(SCCc2ccccc2)C(=O)/C1=C\CCCC(COC(C)=O)COC(C)=O. The number of benzene rings is 1. The van der Waals surface area contributed by atoms with E-state index in [1.54, 1.807) is 6.08 Å². The van der Waals surface area contributed by atoms with Crippen molar-refractivity contribution in [1.82, 2.24) is 0 Å². The van der Waals surface area contributed by atoms with Gasteiger partial charge in [-0.15, -0.1) is 23.6 Å². The maximum atomic E-state index is 13.4. The van der Waals surface area contributed by atoms with E-state index in [9.17, 15) is 19.5 Å². The minimum atomic E-state index is -1.27. The zero-order chi connectivity index (χ0) is 29.2. The molecule has 0 aromatic heterocycles. The molecule has 1 atom stereocenters. The molecule has 0 bridgehead atoms. The first-order chi connectivity index (χ1) is 19.2. The van der Waals surface area contributed by atoms with E-state index in [1.165, 1.54) is 31.2 Å². The van der Waals surface area contributed by atoms with Crippen LogP contribution in [0.3, 0.4) is 0 Å². The molecule has 0 amide bonds. The Morgan fingerprint density at radius 1 is 1.02 bits per heavy atom. The van der Waals surface area contributed by atoms with Crippen LogP contribution in [0.15, 0.2) is 53.0 Å². The Balaban J connectivity index is 2.02. The number of ether oxygens (including phenoxy) is 2. The van der Waals surface area contributed by atoms with Crippen LogP contribution in [0.5, 0.6) is 0 Å². The summed E-state index contributed by atoms with van der Waals surface area (Å²) in [6.07, 6.45) is 11.4. The van der Waals surface area contributed by atoms with Gasteiger partial charge in [0.2, 0.25) is 0 Å². The van der Waals surface area contributed by atoms with Crippen LogP contribution in [0.4, 0.5) is 0 Å². The van der Waals surface area contributed by atoms with Crippen LogP contribution in [0.1, 0.15) is 84.1 Å². The Hall–Kier alpha value is -2.82. The molecule has 6 nitrogen and oxygen atoms in total. The largest absolute Gasteiger partial charge is 0.465 e. The second-order valence-electron chi connectivity index (χ2n) is 10.1. The molecule has 1 N–H and O–H groups in total. The van der Waals surface area contributed by atoms with E-state index in [4.69, 9.17) is 9.47 Å². The lowest BCUT2D eigenvalue weighted by atomic mass is 9.89. The van der Waals surface area contributed by atoms with Crippen molar-refractivity contribution in [3.05, 3.63) is 58.5 Å². The van der Waals surface area contributed by atoms with Crippen molar-refractivity contribution in [2.24, 2.45) is 5.92 Å². The fourth-order valence-corrected chi connectivity index (χ4v) is 5.61. The third-order valence-corrected chi connectivity index (χ3v) is 7.69.